The summed E-state index contributed by atoms with van der Waals surface area (Å²) in [7, 11) is 0. The summed E-state index contributed by atoms with van der Waals surface area (Å²) in [5.41, 5.74) is 0. The van der Waals surface area contributed by atoms with Crippen molar-refractivity contribution in [2.24, 2.45) is 0 Å². The third kappa shape index (κ3) is 2.36. The van der Waals surface area contributed by atoms with E-state index in [1.54, 1.807) is 0 Å². The molecular weight excluding hydrogens is 164 g/mol. The molecule has 1 aliphatic rings. The topological polar surface area (TPSA) is 32.3 Å². The third-order valence-corrected chi connectivity index (χ3v) is 2.60. The van der Waals surface area contributed by atoms with Crippen molar-refractivity contribution in [2.45, 2.75) is 58.7 Å². The highest BCUT2D eigenvalue weighted by Gasteiger charge is 2.31. The van der Waals surface area contributed by atoms with Gasteiger partial charge in [0.15, 0.2) is 0 Å². The smallest absolute Gasteiger partial charge is 0.318 e. The summed E-state index contributed by atoms with van der Waals surface area (Å²) < 4.78 is 0. The second-order valence-corrected chi connectivity index (χ2v) is 4.29. The molecule has 0 unspecified atom stereocenters. The van der Waals surface area contributed by atoms with E-state index in [2.05, 4.69) is 19.2 Å². The fourth-order valence-corrected chi connectivity index (χ4v) is 1.92. The van der Waals surface area contributed by atoms with Crippen LogP contribution in [0.1, 0.15) is 40.5 Å². The molecule has 2 atom stereocenters. The number of hydrogen-bond donors (Lipinski definition) is 1. The summed E-state index contributed by atoms with van der Waals surface area (Å²) in [5.74, 6) is 0. The average Bonchev–Trinajstić information content (AvgIpc) is 2.29. The lowest BCUT2D eigenvalue weighted by Gasteiger charge is -2.27. The molecular formula is C10H20N2O. The van der Waals surface area contributed by atoms with Crippen LogP contribution < -0.4 is 5.32 Å². The summed E-state index contributed by atoms with van der Waals surface area (Å²) in [5, 5.41) is 2.93. The quantitative estimate of drug-likeness (QED) is 0.664. The molecule has 0 saturated carbocycles. The molecule has 0 bridgehead atoms. The van der Waals surface area contributed by atoms with Crippen LogP contribution in [0.5, 0.6) is 0 Å². The van der Waals surface area contributed by atoms with Gasteiger partial charge in [-0.15, -0.1) is 0 Å². The zero-order chi connectivity index (χ0) is 10.0. The molecule has 0 aromatic rings. The predicted octanol–water partition coefficient (Wildman–Crippen LogP) is 1.98. The van der Waals surface area contributed by atoms with Gasteiger partial charge in [0.05, 0.1) is 0 Å². The molecule has 0 spiro atoms. The number of carbonyl (C=O) groups is 1. The zero-order valence-electron chi connectivity index (χ0n) is 9.00. The van der Waals surface area contributed by atoms with Gasteiger partial charge in [0.2, 0.25) is 0 Å². The minimum absolute atomic E-state index is 0.0903. The molecule has 3 heteroatoms. The highest BCUT2D eigenvalue weighted by Crippen LogP contribution is 2.23. The molecule has 0 aromatic carbocycles. The SMILES string of the molecule is CC(C)NC(=O)N1[C@H](C)CC[C@@H]1C. The number of likely N-dealkylation sites (tertiary alicyclic amines) is 1. The summed E-state index contributed by atoms with van der Waals surface area (Å²) in [4.78, 5) is 13.6. The van der Waals surface area contributed by atoms with Crippen LogP contribution in [0.3, 0.4) is 0 Å². The van der Waals surface area contributed by atoms with Crippen LogP contribution in [0.25, 0.3) is 0 Å². The van der Waals surface area contributed by atoms with E-state index >= 15 is 0 Å². The standard InChI is InChI=1S/C10H20N2O/c1-7(2)11-10(13)12-8(3)5-6-9(12)4/h7-9H,5-6H2,1-4H3,(H,11,13)/t8-,9+. The van der Waals surface area contributed by atoms with E-state index in [1.165, 1.54) is 0 Å². The molecule has 1 rings (SSSR count). The third-order valence-electron chi connectivity index (χ3n) is 2.60. The lowest BCUT2D eigenvalue weighted by molar-refractivity contribution is 0.178. The minimum Gasteiger partial charge on any atom is -0.336 e. The maximum Gasteiger partial charge on any atom is 0.318 e. The Kier molecular flexibility index (Phi) is 3.17. The largest absolute Gasteiger partial charge is 0.336 e. The molecule has 0 aliphatic carbocycles. The normalized spacial score (nSPS) is 28.2. The fraction of sp³-hybridized carbons (Fsp3) is 0.900. The second kappa shape index (κ2) is 3.99. The van der Waals surface area contributed by atoms with Crippen molar-refractivity contribution >= 4 is 6.03 Å². The molecule has 2 amide bonds. The first-order valence-corrected chi connectivity index (χ1v) is 5.11. The van der Waals surface area contributed by atoms with Gasteiger partial charge in [-0.25, -0.2) is 4.79 Å². The number of nitrogens with one attached hydrogen (secondary N) is 1. The van der Waals surface area contributed by atoms with Crippen molar-refractivity contribution in [3.63, 3.8) is 0 Å². The number of carbonyl (C=O) groups excluding carboxylic acids is 1. The lowest BCUT2D eigenvalue weighted by atomic mass is 10.2. The zero-order valence-corrected chi connectivity index (χ0v) is 9.00. The lowest BCUT2D eigenvalue weighted by Crippen LogP contribution is -2.47. The van der Waals surface area contributed by atoms with Crippen molar-refractivity contribution in [3.05, 3.63) is 0 Å². The molecule has 76 valence electrons. The highest BCUT2D eigenvalue weighted by molar-refractivity contribution is 5.75. The van der Waals surface area contributed by atoms with Gasteiger partial charge in [0.25, 0.3) is 0 Å². The van der Waals surface area contributed by atoms with Gasteiger partial charge in [-0.05, 0) is 40.5 Å². The first kappa shape index (κ1) is 10.4. The summed E-state index contributed by atoms with van der Waals surface area (Å²) in [6.45, 7) is 8.21. The fourth-order valence-electron chi connectivity index (χ4n) is 1.92. The first-order chi connectivity index (χ1) is 6.02. The molecule has 0 radical (unpaired) electrons. The van der Waals surface area contributed by atoms with E-state index in [0.717, 1.165) is 12.8 Å². The number of hydrogen-bond acceptors (Lipinski definition) is 1. The van der Waals surface area contributed by atoms with Gasteiger partial charge in [0, 0.05) is 18.1 Å². The van der Waals surface area contributed by atoms with Crippen molar-refractivity contribution in [2.75, 3.05) is 0 Å². The van der Waals surface area contributed by atoms with Crippen LogP contribution in [-0.4, -0.2) is 29.1 Å². The van der Waals surface area contributed by atoms with E-state index in [0.29, 0.717) is 12.1 Å². The Morgan fingerprint density at radius 1 is 1.31 bits per heavy atom. The maximum absolute atomic E-state index is 11.7. The van der Waals surface area contributed by atoms with Crippen molar-refractivity contribution in [1.82, 2.24) is 10.2 Å². The Morgan fingerprint density at radius 2 is 1.77 bits per heavy atom. The maximum atomic E-state index is 11.7. The van der Waals surface area contributed by atoms with Gasteiger partial charge in [-0.2, -0.15) is 0 Å². The number of amides is 2. The molecule has 1 N–H and O–H groups in total. The van der Waals surface area contributed by atoms with Crippen LogP contribution in [0, 0.1) is 0 Å². The van der Waals surface area contributed by atoms with E-state index in [1.807, 2.05) is 18.7 Å². The van der Waals surface area contributed by atoms with Crippen molar-refractivity contribution in [3.8, 4) is 0 Å². The van der Waals surface area contributed by atoms with E-state index in [4.69, 9.17) is 0 Å². The number of nitrogens with zero attached hydrogens (tertiary/aromatic N) is 1. The molecule has 3 nitrogen and oxygen atoms in total. The summed E-state index contributed by atoms with van der Waals surface area (Å²) in [6, 6.07) is 1.11. The summed E-state index contributed by atoms with van der Waals surface area (Å²) in [6.07, 6.45) is 2.26. The van der Waals surface area contributed by atoms with Crippen LogP contribution in [0.4, 0.5) is 4.79 Å². The minimum atomic E-state index is 0.0903. The highest BCUT2D eigenvalue weighted by atomic mass is 16.2. The summed E-state index contributed by atoms with van der Waals surface area (Å²) >= 11 is 0. The van der Waals surface area contributed by atoms with Crippen LogP contribution in [0.15, 0.2) is 0 Å². The molecule has 1 aliphatic heterocycles. The molecule has 0 aromatic heterocycles. The van der Waals surface area contributed by atoms with Gasteiger partial charge >= 0.3 is 6.03 Å². The Bertz CT molecular complexity index is 181. The molecule has 1 heterocycles. The Morgan fingerprint density at radius 3 is 2.15 bits per heavy atom. The molecule has 13 heavy (non-hydrogen) atoms. The van der Waals surface area contributed by atoms with Crippen molar-refractivity contribution in [1.29, 1.82) is 0 Å². The average molecular weight is 184 g/mol. The second-order valence-electron chi connectivity index (χ2n) is 4.29. The van der Waals surface area contributed by atoms with Crippen molar-refractivity contribution < 1.29 is 4.79 Å². The van der Waals surface area contributed by atoms with Gasteiger partial charge in [-0.1, -0.05) is 0 Å². The van der Waals surface area contributed by atoms with Crippen LogP contribution in [-0.2, 0) is 0 Å². The van der Waals surface area contributed by atoms with Crippen LogP contribution >= 0.6 is 0 Å². The molecule has 1 saturated heterocycles. The van der Waals surface area contributed by atoms with Gasteiger partial charge in [0.1, 0.15) is 0 Å². The van der Waals surface area contributed by atoms with Gasteiger partial charge in [-0.3, -0.25) is 0 Å². The first-order valence-electron chi connectivity index (χ1n) is 5.11. The number of urea groups is 1. The Hall–Kier alpha value is -0.730. The van der Waals surface area contributed by atoms with Crippen LogP contribution in [0.2, 0.25) is 0 Å². The van der Waals surface area contributed by atoms with E-state index in [9.17, 15) is 4.79 Å². The van der Waals surface area contributed by atoms with E-state index in [-0.39, 0.29) is 12.1 Å². The predicted molar refractivity (Wildman–Crippen MR) is 53.7 cm³/mol. The Labute approximate surface area is 80.5 Å². The Balaban J connectivity index is 2.54. The molecule has 1 fully saturated rings. The van der Waals surface area contributed by atoms with Gasteiger partial charge < -0.3 is 10.2 Å². The number of rotatable bonds is 1. The monoisotopic (exact) mass is 184 g/mol. The van der Waals surface area contributed by atoms with E-state index < -0.39 is 0 Å².